The molecule has 1 aliphatic carbocycles. The minimum absolute atomic E-state index is 0.256. The molecule has 142 valence electrons. The molecule has 0 fully saturated rings. The van der Waals surface area contributed by atoms with Gasteiger partial charge in [-0.3, -0.25) is 4.90 Å². The van der Waals surface area contributed by atoms with Crippen LogP contribution in [0.25, 0.3) is 11.1 Å². The third kappa shape index (κ3) is 2.65. The van der Waals surface area contributed by atoms with Crippen LogP contribution in [0.5, 0.6) is 0 Å². The van der Waals surface area contributed by atoms with Crippen LogP contribution in [0.4, 0.5) is 0 Å². The molecule has 1 atom stereocenters. The van der Waals surface area contributed by atoms with Gasteiger partial charge in [0.15, 0.2) is 0 Å². The lowest BCUT2D eigenvalue weighted by atomic mass is 9.75. The maximum Gasteiger partial charge on any atom is 0.0987 e. The molecular weight excluding hydrogens is 338 g/mol. The Balaban J connectivity index is 2.16. The van der Waals surface area contributed by atoms with Gasteiger partial charge < -0.3 is 0 Å². The lowest BCUT2D eigenvalue weighted by molar-refractivity contribution is 0.194. The number of nitrogens with zero attached hydrogens (tertiary/aromatic N) is 1. The molecule has 1 heteroatoms. The van der Waals surface area contributed by atoms with E-state index in [-0.39, 0.29) is 5.54 Å². The monoisotopic (exact) mass is 367 g/mol. The standard InChI is InChI=1S/C27H29N/c1-4-23-24-19-13-14-20-25(24)27(28(5-2)6-3,22-17-11-8-12-18-22)26(23)21-15-9-7-10-16-21/h7-20H,4-6H2,1-3H3. The van der Waals surface area contributed by atoms with Gasteiger partial charge in [-0.05, 0) is 52.9 Å². The topological polar surface area (TPSA) is 3.24 Å². The van der Waals surface area contributed by atoms with Crippen LogP contribution >= 0.6 is 0 Å². The summed E-state index contributed by atoms with van der Waals surface area (Å²) in [5.74, 6) is 0. The lowest BCUT2D eigenvalue weighted by Gasteiger charge is -2.44. The second-order valence-corrected chi connectivity index (χ2v) is 7.37. The summed E-state index contributed by atoms with van der Waals surface area (Å²) in [6.45, 7) is 8.84. The van der Waals surface area contributed by atoms with Gasteiger partial charge >= 0.3 is 0 Å². The SMILES string of the molecule is CCC1=C(c2ccccc2)C(c2ccccc2)(N(CC)CC)c2ccccc21. The van der Waals surface area contributed by atoms with Crippen molar-refractivity contribution in [3.63, 3.8) is 0 Å². The fourth-order valence-electron chi connectivity index (χ4n) is 5.09. The summed E-state index contributed by atoms with van der Waals surface area (Å²) in [6.07, 6.45) is 1.02. The Morgan fingerprint density at radius 3 is 1.86 bits per heavy atom. The molecule has 0 spiro atoms. The number of fused-ring (bicyclic) bond motifs is 1. The fourth-order valence-corrected chi connectivity index (χ4v) is 5.09. The van der Waals surface area contributed by atoms with Crippen molar-refractivity contribution in [2.24, 2.45) is 0 Å². The Hall–Kier alpha value is -2.64. The Morgan fingerprint density at radius 1 is 0.679 bits per heavy atom. The van der Waals surface area contributed by atoms with Crippen molar-refractivity contribution in [2.45, 2.75) is 32.7 Å². The first-order valence-corrected chi connectivity index (χ1v) is 10.5. The average Bonchev–Trinajstić information content (AvgIpc) is 3.07. The molecule has 0 aliphatic heterocycles. The Kier molecular flexibility index (Phi) is 5.19. The normalized spacial score (nSPS) is 18.6. The van der Waals surface area contributed by atoms with Gasteiger partial charge in [0.2, 0.25) is 0 Å². The maximum atomic E-state index is 2.63. The van der Waals surface area contributed by atoms with Gasteiger partial charge in [0, 0.05) is 0 Å². The van der Waals surface area contributed by atoms with Crippen LogP contribution in [-0.4, -0.2) is 18.0 Å². The van der Waals surface area contributed by atoms with Crippen LogP contribution in [0.2, 0.25) is 0 Å². The summed E-state index contributed by atoms with van der Waals surface area (Å²) in [7, 11) is 0. The summed E-state index contributed by atoms with van der Waals surface area (Å²) in [5.41, 5.74) is 8.16. The molecule has 4 rings (SSSR count). The van der Waals surface area contributed by atoms with E-state index < -0.39 is 0 Å². The number of likely N-dealkylation sites (N-methyl/N-ethyl adjacent to an activating group) is 1. The zero-order valence-electron chi connectivity index (χ0n) is 17.2. The van der Waals surface area contributed by atoms with Crippen molar-refractivity contribution in [3.05, 3.63) is 107 Å². The second-order valence-electron chi connectivity index (χ2n) is 7.37. The summed E-state index contributed by atoms with van der Waals surface area (Å²) < 4.78 is 0. The highest BCUT2D eigenvalue weighted by Gasteiger charge is 2.49. The average molecular weight is 368 g/mol. The summed E-state index contributed by atoms with van der Waals surface area (Å²) in [5, 5.41) is 0. The molecule has 3 aromatic rings. The van der Waals surface area contributed by atoms with Crippen molar-refractivity contribution in [1.82, 2.24) is 4.90 Å². The highest BCUT2D eigenvalue weighted by atomic mass is 15.2. The van der Waals surface area contributed by atoms with Crippen molar-refractivity contribution in [2.75, 3.05) is 13.1 Å². The third-order valence-electron chi connectivity index (χ3n) is 6.15. The molecule has 1 nitrogen and oxygen atoms in total. The van der Waals surface area contributed by atoms with Crippen LogP contribution in [0.15, 0.2) is 84.9 Å². The predicted octanol–water partition coefficient (Wildman–Crippen LogP) is 6.61. The lowest BCUT2D eigenvalue weighted by Crippen LogP contribution is -2.47. The van der Waals surface area contributed by atoms with Gasteiger partial charge in [0.05, 0.1) is 5.54 Å². The molecule has 1 unspecified atom stereocenters. The van der Waals surface area contributed by atoms with E-state index in [2.05, 4.69) is 111 Å². The largest absolute Gasteiger partial charge is 0.287 e. The highest BCUT2D eigenvalue weighted by molar-refractivity contribution is 6.03. The van der Waals surface area contributed by atoms with Crippen LogP contribution in [0.3, 0.4) is 0 Å². The first kappa shape index (κ1) is 18.7. The third-order valence-corrected chi connectivity index (χ3v) is 6.15. The van der Waals surface area contributed by atoms with E-state index in [0.29, 0.717) is 0 Å². The molecule has 28 heavy (non-hydrogen) atoms. The van der Waals surface area contributed by atoms with E-state index in [1.165, 1.54) is 33.4 Å². The van der Waals surface area contributed by atoms with Crippen molar-refractivity contribution in [1.29, 1.82) is 0 Å². The first-order valence-electron chi connectivity index (χ1n) is 10.5. The molecule has 1 aliphatic rings. The quantitative estimate of drug-likeness (QED) is 0.474. The Labute approximate surface area is 169 Å². The van der Waals surface area contributed by atoms with E-state index in [0.717, 1.165) is 19.5 Å². The molecule has 0 radical (unpaired) electrons. The molecule has 0 aromatic heterocycles. The van der Waals surface area contributed by atoms with E-state index in [4.69, 9.17) is 0 Å². The molecule has 0 saturated heterocycles. The summed E-state index contributed by atoms with van der Waals surface area (Å²) >= 11 is 0. The Bertz CT molecular complexity index is 967. The minimum atomic E-state index is -0.256. The minimum Gasteiger partial charge on any atom is -0.287 e. The number of benzene rings is 3. The van der Waals surface area contributed by atoms with Gasteiger partial charge in [0.1, 0.15) is 0 Å². The van der Waals surface area contributed by atoms with E-state index >= 15 is 0 Å². The molecule has 0 heterocycles. The van der Waals surface area contributed by atoms with Gasteiger partial charge in [0.25, 0.3) is 0 Å². The molecule has 0 saturated carbocycles. The molecule has 0 N–H and O–H groups in total. The van der Waals surface area contributed by atoms with Gasteiger partial charge in [-0.1, -0.05) is 106 Å². The molecule has 3 aromatic carbocycles. The van der Waals surface area contributed by atoms with Gasteiger partial charge in [-0.2, -0.15) is 0 Å². The van der Waals surface area contributed by atoms with E-state index in [1.807, 2.05) is 0 Å². The first-order chi connectivity index (χ1) is 13.8. The van der Waals surface area contributed by atoms with Gasteiger partial charge in [-0.15, -0.1) is 0 Å². The second kappa shape index (κ2) is 7.77. The van der Waals surface area contributed by atoms with Crippen molar-refractivity contribution in [3.8, 4) is 0 Å². The van der Waals surface area contributed by atoms with E-state index in [9.17, 15) is 0 Å². The zero-order valence-corrected chi connectivity index (χ0v) is 17.2. The summed E-state index contributed by atoms with van der Waals surface area (Å²) in [4.78, 5) is 2.63. The zero-order chi connectivity index (χ0) is 19.6. The van der Waals surface area contributed by atoms with Crippen LogP contribution in [-0.2, 0) is 5.54 Å². The molecule has 0 amide bonds. The number of hydrogen-bond donors (Lipinski definition) is 0. The van der Waals surface area contributed by atoms with E-state index in [1.54, 1.807) is 0 Å². The number of allylic oxidation sites excluding steroid dienone is 1. The molecular formula is C27H29N. The predicted molar refractivity (Wildman–Crippen MR) is 120 cm³/mol. The summed E-state index contributed by atoms with van der Waals surface area (Å²) in [6, 6.07) is 31.1. The van der Waals surface area contributed by atoms with Crippen molar-refractivity contribution < 1.29 is 0 Å². The fraction of sp³-hybridized carbons (Fsp3) is 0.259. The van der Waals surface area contributed by atoms with Crippen LogP contribution in [0.1, 0.15) is 49.4 Å². The van der Waals surface area contributed by atoms with Crippen LogP contribution in [0, 0.1) is 0 Å². The number of rotatable bonds is 6. The number of hydrogen-bond acceptors (Lipinski definition) is 1. The van der Waals surface area contributed by atoms with Crippen LogP contribution < -0.4 is 0 Å². The highest BCUT2D eigenvalue weighted by Crippen LogP contribution is 2.57. The van der Waals surface area contributed by atoms with Gasteiger partial charge in [-0.25, -0.2) is 0 Å². The molecule has 0 bridgehead atoms. The van der Waals surface area contributed by atoms with Crippen molar-refractivity contribution >= 4 is 11.1 Å². The smallest absolute Gasteiger partial charge is 0.0987 e. The Morgan fingerprint density at radius 2 is 1.25 bits per heavy atom. The maximum absolute atomic E-state index is 2.63.